The number of carbonyl (C=O) groups is 2. The van der Waals surface area contributed by atoms with Crippen LogP contribution in [0.5, 0.6) is 0 Å². The average Bonchev–Trinajstić information content (AvgIpc) is 2.98. The molecule has 0 aromatic rings. The molecule has 1 heterocycles. The molecular weight excluding hydrogens is 252 g/mol. The third-order valence-corrected chi connectivity index (χ3v) is 3.55. The molecule has 20 heavy (non-hydrogen) atoms. The van der Waals surface area contributed by atoms with Gasteiger partial charge in [-0.25, -0.2) is 0 Å². The van der Waals surface area contributed by atoms with Crippen molar-refractivity contribution in [1.82, 2.24) is 4.90 Å². The van der Waals surface area contributed by atoms with Gasteiger partial charge in [0, 0.05) is 6.54 Å². The molecule has 0 aromatic heterocycles. The van der Waals surface area contributed by atoms with Gasteiger partial charge >= 0.3 is 0 Å². The number of hydrogen-bond donors (Lipinski definition) is 1. The van der Waals surface area contributed by atoms with E-state index in [1.54, 1.807) is 11.8 Å². The number of Topliss-reactive ketones (excluding diaryl/α,β-unsaturated/α-hetero) is 1. The van der Waals surface area contributed by atoms with E-state index in [0.717, 1.165) is 19.3 Å². The van der Waals surface area contributed by atoms with Crippen molar-refractivity contribution in [2.24, 2.45) is 11.7 Å². The Bertz CT molecular complexity index is 280. The van der Waals surface area contributed by atoms with Crippen LogP contribution in [0.1, 0.15) is 67.7 Å². The molecule has 4 heteroatoms. The number of ketones is 1. The Morgan fingerprint density at radius 2 is 1.75 bits per heavy atom. The lowest BCUT2D eigenvalue weighted by atomic mass is 9.98. The van der Waals surface area contributed by atoms with E-state index in [-0.39, 0.29) is 23.7 Å². The maximum atomic E-state index is 12.1. The molecule has 0 bridgehead atoms. The number of hydrogen-bond acceptors (Lipinski definition) is 3. The number of amides is 1. The lowest BCUT2D eigenvalue weighted by molar-refractivity contribution is -0.138. The molecule has 1 aliphatic heterocycles. The minimum Gasteiger partial charge on any atom is -0.331 e. The number of nitrogens with zero attached hydrogens (tertiary/aromatic N) is 1. The standard InChI is InChI=1S/C12H22N2O2.2C2H6/c1-4-8(2)11(13)12(16)14-7-5-6-10(14)9(3)15;2*1-2/h8,10-11H,4-7,13H2,1-3H3;2*1-2H3. The molecule has 1 rings (SSSR count). The molecule has 1 aliphatic rings. The maximum Gasteiger partial charge on any atom is 0.240 e. The van der Waals surface area contributed by atoms with Gasteiger partial charge in [-0.05, 0) is 25.7 Å². The average molecular weight is 286 g/mol. The van der Waals surface area contributed by atoms with E-state index in [1.807, 2.05) is 41.5 Å². The van der Waals surface area contributed by atoms with Crippen molar-refractivity contribution in [3.8, 4) is 0 Å². The van der Waals surface area contributed by atoms with E-state index in [9.17, 15) is 9.59 Å². The van der Waals surface area contributed by atoms with Gasteiger partial charge in [0.25, 0.3) is 0 Å². The van der Waals surface area contributed by atoms with Gasteiger partial charge < -0.3 is 10.6 Å². The van der Waals surface area contributed by atoms with Gasteiger partial charge in [-0.15, -0.1) is 0 Å². The molecule has 0 aromatic carbocycles. The molecule has 1 saturated heterocycles. The van der Waals surface area contributed by atoms with Crippen molar-refractivity contribution in [1.29, 1.82) is 0 Å². The van der Waals surface area contributed by atoms with Crippen LogP contribution in [0, 0.1) is 5.92 Å². The Hall–Kier alpha value is -0.900. The fourth-order valence-corrected chi connectivity index (χ4v) is 2.14. The summed E-state index contributed by atoms with van der Waals surface area (Å²) >= 11 is 0. The highest BCUT2D eigenvalue weighted by molar-refractivity contribution is 5.90. The minimum atomic E-state index is -0.468. The molecule has 0 radical (unpaired) electrons. The molecule has 1 amide bonds. The molecule has 1 fully saturated rings. The van der Waals surface area contributed by atoms with Crippen LogP contribution in [0.4, 0.5) is 0 Å². The van der Waals surface area contributed by atoms with E-state index in [0.29, 0.717) is 6.54 Å². The fourth-order valence-electron chi connectivity index (χ4n) is 2.14. The van der Waals surface area contributed by atoms with Gasteiger partial charge in [-0.1, -0.05) is 48.0 Å². The van der Waals surface area contributed by atoms with Crippen molar-refractivity contribution in [2.45, 2.75) is 79.8 Å². The van der Waals surface area contributed by atoms with Gasteiger partial charge in [-0.3, -0.25) is 9.59 Å². The van der Waals surface area contributed by atoms with Crippen LogP contribution in [-0.2, 0) is 9.59 Å². The number of carbonyl (C=O) groups excluding carboxylic acids is 2. The summed E-state index contributed by atoms with van der Waals surface area (Å²) < 4.78 is 0. The third-order valence-electron chi connectivity index (χ3n) is 3.55. The molecule has 4 nitrogen and oxygen atoms in total. The molecule has 0 saturated carbocycles. The van der Waals surface area contributed by atoms with Crippen molar-refractivity contribution >= 4 is 11.7 Å². The highest BCUT2D eigenvalue weighted by Gasteiger charge is 2.35. The first-order valence-corrected chi connectivity index (χ1v) is 8.05. The summed E-state index contributed by atoms with van der Waals surface area (Å²) in [6.07, 6.45) is 2.57. The normalized spacial score (nSPS) is 20.0. The van der Waals surface area contributed by atoms with Crippen molar-refractivity contribution in [2.75, 3.05) is 6.54 Å². The van der Waals surface area contributed by atoms with Crippen LogP contribution in [0.25, 0.3) is 0 Å². The van der Waals surface area contributed by atoms with Crippen molar-refractivity contribution in [3.05, 3.63) is 0 Å². The summed E-state index contributed by atoms with van der Waals surface area (Å²) in [5.41, 5.74) is 5.91. The molecular formula is C16H34N2O2. The minimum absolute atomic E-state index is 0.0629. The summed E-state index contributed by atoms with van der Waals surface area (Å²) in [5.74, 6) is 0.176. The summed E-state index contributed by atoms with van der Waals surface area (Å²) in [5, 5.41) is 0. The Labute approximate surface area is 125 Å². The van der Waals surface area contributed by atoms with E-state index in [2.05, 4.69) is 0 Å². The summed E-state index contributed by atoms with van der Waals surface area (Å²) in [6.45, 7) is 14.2. The second-order valence-electron chi connectivity index (χ2n) is 4.71. The van der Waals surface area contributed by atoms with Crippen LogP contribution < -0.4 is 5.73 Å². The quantitative estimate of drug-likeness (QED) is 0.864. The van der Waals surface area contributed by atoms with E-state index >= 15 is 0 Å². The SMILES string of the molecule is CC.CC.CCC(C)C(N)C(=O)N1CCCC1C(C)=O. The Kier molecular flexibility index (Phi) is 12.7. The zero-order valence-electron chi connectivity index (χ0n) is 14.4. The molecule has 3 unspecified atom stereocenters. The lowest BCUT2D eigenvalue weighted by Crippen LogP contribution is -2.50. The zero-order valence-corrected chi connectivity index (χ0v) is 14.4. The highest BCUT2D eigenvalue weighted by Crippen LogP contribution is 2.20. The van der Waals surface area contributed by atoms with Crippen LogP contribution >= 0.6 is 0 Å². The van der Waals surface area contributed by atoms with E-state index in [1.165, 1.54) is 0 Å². The first-order valence-electron chi connectivity index (χ1n) is 8.05. The highest BCUT2D eigenvalue weighted by atomic mass is 16.2. The summed E-state index contributed by atoms with van der Waals surface area (Å²) in [7, 11) is 0. The van der Waals surface area contributed by atoms with Crippen LogP contribution in [0.3, 0.4) is 0 Å². The van der Waals surface area contributed by atoms with E-state index < -0.39 is 6.04 Å². The largest absolute Gasteiger partial charge is 0.331 e. The van der Waals surface area contributed by atoms with Gasteiger partial charge in [0.1, 0.15) is 0 Å². The predicted molar refractivity (Wildman–Crippen MR) is 85.5 cm³/mol. The Balaban J connectivity index is 0. The van der Waals surface area contributed by atoms with Crippen LogP contribution in [0.2, 0.25) is 0 Å². The monoisotopic (exact) mass is 286 g/mol. The van der Waals surface area contributed by atoms with Crippen molar-refractivity contribution < 1.29 is 9.59 Å². The molecule has 120 valence electrons. The Morgan fingerprint density at radius 3 is 2.15 bits per heavy atom. The predicted octanol–water partition coefficient (Wildman–Crippen LogP) is 2.99. The van der Waals surface area contributed by atoms with Crippen molar-refractivity contribution in [3.63, 3.8) is 0 Å². The van der Waals surface area contributed by atoms with Gasteiger partial charge in [0.15, 0.2) is 5.78 Å². The summed E-state index contributed by atoms with van der Waals surface area (Å²) in [6, 6.07) is -0.701. The lowest BCUT2D eigenvalue weighted by Gasteiger charge is -2.28. The first kappa shape index (κ1) is 21.4. The van der Waals surface area contributed by atoms with Crippen LogP contribution in [-0.4, -0.2) is 35.2 Å². The second kappa shape index (κ2) is 11.9. The van der Waals surface area contributed by atoms with E-state index in [4.69, 9.17) is 5.73 Å². The fraction of sp³-hybridized carbons (Fsp3) is 0.875. The van der Waals surface area contributed by atoms with Gasteiger partial charge in [0.2, 0.25) is 5.91 Å². The topological polar surface area (TPSA) is 63.4 Å². The number of rotatable bonds is 4. The van der Waals surface area contributed by atoms with Gasteiger partial charge in [-0.2, -0.15) is 0 Å². The Morgan fingerprint density at radius 1 is 1.25 bits per heavy atom. The second-order valence-corrected chi connectivity index (χ2v) is 4.71. The number of likely N-dealkylation sites (tertiary alicyclic amines) is 1. The third kappa shape index (κ3) is 6.04. The molecule has 2 N–H and O–H groups in total. The molecule has 3 atom stereocenters. The zero-order chi connectivity index (χ0) is 16.3. The number of nitrogens with two attached hydrogens (primary N) is 1. The van der Waals surface area contributed by atoms with Crippen LogP contribution in [0.15, 0.2) is 0 Å². The summed E-state index contributed by atoms with van der Waals surface area (Å²) in [4.78, 5) is 25.2. The first-order chi connectivity index (χ1) is 9.49. The smallest absolute Gasteiger partial charge is 0.240 e. The maximum absolute atomic E-state index is 12.1. The molecule has 0 aliphatic carbocycles. The van der Waals surface area contributed by atoms with Gasteiger partial charge in [0.05, 0.1) is 12.1 Å². The molecule has 0 spiro atoms.